The minimum atomic E-state index is -3.67. The molecule has 20 heavy (non-hydrogen) atoms. The molecule has 0 atom stereocenters. The molecule has 0 spiro atoms. The number of hydrogen-bond acceptors (Lipinski definition) is 4. The smallest absolute Gasteiger partial charge is 0.242 e. The van der Waals surface area contributed by atoms with E-state index in [1.807, 2.05) is 11.4 Å². The second-order valence-electron chi connectivity index (χ2n) is 3.99. The largest absolute Gasteiger partial charge is 0.326 e. The molecule has 0 saturated heterocycles. The van der Waals surface area contributed by atoms with Crippen LogP contribution in [-0.2, 0) is 23.1 Å². The third-order valence-corrected chi connectivity index (χ3v) is 6.44. The van der Waals surface area contributed by atoms with Crippen LogP contribution in [0.25, 0.3) is 0 Å². The van der Waals surface area contributed by atoms with Crippen LogP contribution >= 0.6 is 38.9 Å². The summed E-state index contributed by atoms with van der Waals surface area (Å²) < 4.78 is 28.0. The molecule has 1 heterocycles. The first-order valence-corrected chi connectivity index (χ1v) is 9.17. The van der Waals surface area contributed by atoms with Gasteiger partial charge >= 0.3 is 0 Å². The predicted octanol–water partition coefficient (Wildman–Crippen LogP) is 3.10. The first-order valence-electron chi connectivity index (χ1n) is 5.64. The van der Waals surface area contributed by atoms with Gasteiger partial charge in [-0.3, -0.25) is 0 Å². The predicted molar refractivity (Wildman–Crippen MR) is 85.4 cm³/mol. The Balaban J connectivity index is 2.24. The molecule has 1 aromatic heterocycles. The van der Waals surface area contributed by atoms with E-state index in [1.165, 1.54) is 17.4 Å². The molecular formula is C12H12BrClN2O2S2. The Kier molecular flexibility index (Phi) is 5.22. The number of sulfonamides is 1. The van der Waals surface area contributed by atoms with Crippen LogP contribution in [0.2, 0.25) is 5.02 Å². The lowest BCUT2D eigenvalue weighted by Crippen LogP contribution is -2.23. The minimum absolute atomic E-state index is 0.0507. The fourth-order valence-corrected chi connectivity index (χ4v) is 4.64. The third-order valence-electron chi connectivity index (χ3n) is 2.63. The van der Waals surface area contributed by atoms with Crippen molar-refractivity contribution in [1.82, 2.24) is 4.72 Å². The molecule has 0 saturated carbocycles. The molecule has 0 radical (unpaired) electrons. The van der Waals surface area contributed by atoms with Crippen LogP contribution < -0.4 is 10.5 Å². The zero-order valence-corrected chi connectivity index (χ0v) is 14.2. The Bertz CT molecular complexity index is 716. The molecule has 108 valence electrons. The molecule has 3 N–H and O–H groups in total. The summed E-state index contributed by atoms with van der Waals surface area (Å²) in [5.41, 5.74) is 6.24. The van der Waals surface area contributed by atoms with Gasteiger partial charge in [0.15, 0.2) is 0 Å². The zero-order chi connectivity index (χ0) is 14.8. The standard InChI is InChI=1S/C12H12BrClN2O2S2/c13-9-3-4-19-11(9)7-16-20(17,18)12-5-8(6-15)1-2-10(12)14/h1-5,16H,6-7,15H2. The van der Waals surface area contributed by atoms with Gasteiger partial charge in [0.05, 0.1) is 5.02 Å². The van der Waals surface area contributed by atoms with Crippen LogP contribution in [0.4, 0.5) is 0 Å². The number of nitrogens with one attached hydrogen (secondary N) is 1. The van der Waals surface area contributed by atoms with E-state index < -0.39 is 10.0 Å². The lowest BCUT2D eigenvalue weighted by atomic mass is 10.2. The van der Waals surface area contributed by atoms with Gasteiger partial charge in [0.1, 0.15) is 4.90 Å². The molecule has 1 aromatic carbocycles. The number of hydrogen-bond donors (Lipinski definition) is 2. The van der Waals surface area contributed by atoms with Crippen molar-refractivity contribution >= 4 is 48.9 Å². The van der Waals surface area contributed by atoms with Crippen molar-refractivity contribution in [1.29, 1.82) is 0 Å². The van der Waals surface area contributed by atoms with Crippen LogP contribution in [0.3, 0.4) is 0 Å². The van der Waals surface area contributed by atoms with Crippen molar-refractivity contribution in [3.05, 3.63) is 49.6 Å². The SMILES string of the molecule is NCc1ccc(Cl)c(S(=O)(=O)NCc2sccc2Br)c1. The average Bonchev–Trinajstić information content (AvgIpc) is 2.82. The van der Waals surface area contributed by atoms with E-state index in [4.69, 9.17) is 17.3 Å². The van der Waals surface area contributed by atoms with E-state index in [1.54, 1.807) is 12.1 Å². The first-order chi connectivity index (χ1) is 9.44. The molecule has 0 amide bonds. The highest BCUT2D eigenvalue weighted by Crippen LogP contribution is 2.25. The van der Waals surface area contributed by atoms with E-state index in [0.29, 0.717) is 5.56 Å². The Morgan fingerprint density at radius 2 is 2.10 bits per heavy atom. The number of benzene rings is 1. The minimum Gasteiger partial charge on any atom is -0.326 e. The highest BCUT2D eigenvalue weighted by molar-refractivity contribution is 9.10. The van der Waals surface area contributed by atoms with Crippen molar-refractivity contribution in [3.8, 4) is 0 Å². The molecule has 0 bridgehead atoms. The maximum absolute atomic E-state index is 12.3. The van der Waals surface area contributed by atoms with E-state index in [-0.39, 0.29) is 23.0 Å². The Hall–Kier alpha value is -0.440. The second kappa shape index (κ2) is 6.55. The normalized spacial score (nSPS) is 11.8. The Morgan fingerprint density at radius 3 is 2.70 bits per heavy atom. The summed E-state index contributed by atoms with van der Waals surface area (Å²) in [7, 11) is -3.67. The summed E-state index contributed by atoms with van der Waals surface area (Å²) in [5.74, 6) is 0. The van der Waals surface area contributed by atoms with Gasteiger partial charge in [0, 0.05) is 22.4 Å². The Labute approximate surface area is 135 Å². The molecule has 0 aliphatic heterocycles. The summed E-state index contributed by atoms with van der Waals surface area (Å²) in [5, 5.41) is 2.07. The zero-order valence-electron chi connectivity index (χ0n) is 10.3. The fraction of sp³-hybridized carbons (Fsp3) is 0.167. The quantitative estimate of drug-likeness (QED) is 0.817. The van der Waals surface area contributed by atoms with Crippen molar-refractivity contribution in [3.63, 3.8) is 0 Å². The molecule has 2 aromatic rings. The number of nitrogens with two attached hydrogens (primary N) is 1. The second-order valence-corrected chi connectivity index (χ2v) is 7.98. The lowest BCUT2D eigenvalue weighted by Gasteiger charge is -2.09. The van der Waals surface area contributed by atoms with Gasteiger partial charge in [-0.1, -0.05) is 17.7 Å². The highest BCUT2D eigenvalue weighted by atomic mass is 79.9. The summed E-state index contributed by atoms with van der Waals surface area (Å²) in [6.45, 7) is 0.472. The van der Waals surface area contributed by atoms with Gasteiger partial charge < -0.3 is 5.73 Å². The van der Waals surface area contributed by atoms with Crippen molar-refractivity contribution in [2.45, 2.75) is 18.0 Å². The van der Waals surface area contributed by atoms with E-state index in [0.717, 1.165) is 9.35 Å². The summed E-state index contributed by atoms with van der Waals surface area (Å²) in [6, 6.07) is 6.61. The molecule has 0 unspecified atom stereocenters. The summed E-state index contributed by atoms with van der Waals surface area (Å²) in [6.07, 6.45) is 0. The van der Waals surface area contributed by atoms with Gasteiger partial charge in [0.2, 0.25) is 10.0 Å². The molecule has 0 aliphatic rings. The van der Waals surface area contributed by atoms with Crippen LogP contribution in [0.1, 0.15) is 10.4 Å². The van der Waals surface area contributed by atoms with Crippen molar-refractivity contribution in [2.24, 2.45) is 5.73 Å². The van der Waals surface area contributed by atoms with Gasteiger partial charge in [0.25, 0.3) is 0 Å². The average molecular weight is 396 g/mol. The maximum atomic E-state index is 12.3. The van der Waals surface area contributed by atoms with Crippen molar-refractivity contribution in [2.75, 3.05) is 0 Å². The summed E-state index contributed by atoms with van der Waals surface area (Å²) in [4.78, 5) is 0.953. The topological polar surface area (TPSA) is 72.2 Å². The van der Waals surface area contributed by atoms with E-state index in [2.05, 4.69) is 20.7 Å². The van der Waals surface area contributed by atoms with Crippen LogP contribution in [0.15, 0.2) is 39.0 Å². The molecule has 2 rings (SSSR count). The third kappa shape index (κ3) is 3.60. The maximum Gasteiger partial charge on any atom is 0.242 e. The monoisotopic (exact) mass is 394 g/mol. The number of halogens is 2. The van der Waals surface area contributed by atoms with Crippen LogP contribution in [0, 0.1) is 0 Å². The van der Waals surface area contributed by atoms with E-state index in [9.17, 15) is 8.42 Å². The molecular weight excluding hydrogens is 384 g/mol. The molecule has 0 aliphatic carbocycles. The molecule has 4 nitrogen and oxygen atoms in total. The van der Waals surface area contributed by atoms with Crippen LogP contribution in [-0.4, -0.2) is 8.42 Å². The Morgan fingerprint density at radius 1 is 1.35 bits per heavy atom. The molecule has 8 heteroatoms. The number of thiophene rings is 1. The van der Waals surface area contributed by atoms with E-state index >= 15 is 0 Å². The van der Waals surface area contributed by atoms with Crippen LogP contribution in [0.5, 0.6) is 0 Å². The van der Waals surface area contributed by atoms with Gasteiger partial charge in [-0.05, 0) is 45.1 Å². The lowest BCUT2D eigenvalue weighted by molar-refractivity contribution is 0.581. The highest BCUT2D eigenvalue weighted by Gasteiger charge is 2.18. The van der Waals surface area contributed by atoms with Gasteiger partial charge in [-0.15, -0.1) is 11.3 Å². The fourth-order valence-electron chi connectivity index (χ4n) is 1.57. The first kappa shape index (κ1) is 15.9. The number of rotatable bonds is 5. The molecule has 0 fully saturated rings. The van der Waals surface area contributed by atoms with Gasteiger partial charge in [-0.25, -0.2) is 13.1 Å². The van der Waals surface area contributed by atoms with Gasteiger partial charge in [-0.2, -0.15) is 0 Å². The van der Waals surface area contributed by atoms with Crippen molar-refractivity contribution < 1.29 is 8.42 Å². The summed E-state index contributed by atoms with van der Waals surface area (Å²) >= 11 is 10.8.